The van der Waals surface area contributed by atoms with Gasteiger partial charge in [-0.05, 0) is 48.1 Å². The number of nitrogens with zero attached hydrogens (tertiary/aromatic N) is 2. The average molecular weight is 414 g/mol. The number of aromatic nitrogens is 1. The normalized spacial score (nSPS) is 15.1. The molecule has 1 N–H and O–H groups in total. The Morgan fingerprint density at radius 1 is 1.00 bits per heavy atom. The molecule has 2 heterocycles. The molecule has 1 aliphatic heterocycles. The lowest BCUT2D eigenvalue weighted by Gasteiger charge is -2.26. The molecule has 1 aliphatic rings. The van der Waals surface area contributed by atoms with Gasteiger partial charge in [0.05, 0.1) is 0 Å². The minimum absolute atomic E-state index is 0.00888. The standard InChI is InChI=1S/C26H27N3O2/c30-25(13-12-23-17-22-10-4-5-11-24(22)28-26(23)31)29(19-21-9-6-15-27-18-21)16-14-20-7-2-1-3-8-20/h1-11,15,18,23H,12-14,16-17,19H2,(H,28,31). The van der Waals surface area contributed by atoms with Crippen molar-refractivity contribution in [1.29, 1.82) is 0 Å². The highest BCUT2D eigenvalue weighted by atomic mass is 16.2. The third-order valence-electron chi connectivity index (χ3n) is 5.78. The van der Waals surface area contributed by atoms with Crippen molar-refractivity contribution in [3.63, 3.8) is 0 Å². The van der Waals surface area contributed by atoms with Crippen LogP contribution in [0.4, 0.5) is 5.69 Å². The molecule has 1 aromatic heterocycles. The fourth-order valence-corrected chi connectivity index (χ4v) is 4.01. The van der Waals surface area contributed by atoms with Crippen LogP contribution in [0.15, 0.2) is 79.1 Å². The summed E-state index contributed by atoms with van der Waals surface area (Å²) < 4.78 is 0. The molecule has 0 spiro atoms. The van der Waals surface area contributed by atoms with Gasteiger partial charge in [0, 0.05) is 43.5 Å². The van der Waals surface area contributed by atoms with Crippen molar-refractivity contribution >= 4 is 17.5 Å². The number of nitrogens with one attached hydrogen (secondary N) is 1. The number of carbonyl (C=O) groups excluding carboxylic acids is 2. The summed E-state index contributed by atoms with van der Waals surface area (Å²) in [5.74, 6) is -0.0887. The van der Waals surface area contributed by atoms with E-state index in [2.05, 4.69) is 22.4 Å². The van der Waals surface area contributed by atoms with Gasteiger partial charge in [0.1, 0.15) is 0 Å². The molecule has 4 rings (SSSR count). The minimum Gasteiger partial charge on any atom is -0.338 e. The van der Waals surface area contributed by atoms with Crippen LogP contribution >= 0.6 is 0 Å². The quantitative estimate of drug-likeness (QED) is 0.601. The van der Waals surface area contributed by atoms with Gasteiger partial charge in [0.25, 0.3) is 0 Å². The zero-order valence-corrected chi connectivity index (χ0v) is 17.5. The number of amides is 2. The second-order valence-corrected chi connectivity index (χ2v) is 8.00. The zero-order valence-electron chi connectivity index (χ0n) is 17.5. The SMILES string of the molecule is O=C1Nc2ccccc2CC1CCC(=O)N(CCc1ccccc1)Cc1cccnc1. The molecule has 0 saturated carbocycles. The Hall–Kier alpha value is -3.47. The summed E-state index contributed by atoms with van der Waals surface area (Å²) in [6.45, 7) is 1.16. The summed E-state index contributed by atoms with van der Waals surface area (Å²) in [7, 11) is 0. The van der Waals surface area contributed by atoms with Crippen LogP contribution in [0.2, 0.25) is 0 Å². The van der Waals surface area contributed by atoms with Crippen molar-refractivity contribution in [3.05, 3.63) is 95.8 Å². The van der Waals surface area contributed by atoms with Crippen LogP contribution in [0.5, 0.6) is 0 Å². The van der Waals surface area contributed by atoms with E-state index in [1.807, 2.05) is 59.5 Å². The summed E-state index contributed by atoms with van der Waals surface area (Å²) in [5, 5.41) is 2.98. The lowest BCUT2D eigenvalue weighted by molar-refractivity contribution is -0.132. The van der Waals surface area contributed by atoms with E-state index in [4.69, 9.17) is 0 Å². The molecule has 5 heteroatoms. The number of para-hydroxylation sites is 1. The van der Waals surface area contributed by atoms with Gasteiger partial charge in [-0.2, -0.15) is 0 Å². The van der Waals surface area contributed by atoms with Crippen LogP contribution < -0.4 is 5.32 Å². The van der Waals surface area contributed by atoms with Crippen molar-refractivity contribution in [2.24, 2.45) is 5.92 Å². The molecule has 0 bridgehead atoms. The summed E-state index contributed by atoms with van der Waals surface area (Å²) in [5.41, 5.74) is 4.23. The highest BCUT2D eigenvalue weighted by Gasteiger charge is 2.27. The predicted octanol–water partition coefficient (Wildman–Crippen LogP) is 4.24. The van der Waals surface area contributed by atoms with Crippen molar-refractivity contribution < 1.29 is 9.59 Å². The smallest absolute Gasteiger partial charge is 0.227 e. The molecule has 1 atom stereocenters. The van der Waals surface area contributed by atoms with E-state index in [0.717, 1.165) is 23.2 Å². The maximum atomic E-state index is 13.1. The number of pyridine rings is 1. The van der Waals surface area contributed by atoms with E-state index >= 15 is 0 Å². The molecule has 1 unspecified atom stereocenters. The monoisotopic (exact) mass is 413 g/mol. The molecule has 0 saturated heterocycles. The van der Waals surface area contributed by atoms with Crippen molar-refractivity contribution in [2.75, 3.05) is 11.9 Å². The highest BCUT2D eigenvalue weighted by molar-refractivity contribution is 5.96. The molecule has 158 valence electrons. The fraction of sp³-hybridized carbons (Fsp3) is 0.269. The number of rotatable bonds is 8. The molecule has 0 radical (unpaired) electrons. The van der Waals surface area contributed by atoms with Crippen LogP contribution in [0.3, 0.4) is 0 Å². The van der Waals surface area contributed by atoms with Crippen molar-refractivity contribution in [2.45, 2.75) is 32.2 Å². The van der Waals surface area contributed by atoms with Gasteiger partial charge in [-0.1, -0.05) is 54.6 Å². The molecule has 5 nitrogen and oxygen atoms in total. The number of anilines is 1. The Labute approximate surface area is 183 Å². The molecule has 0 aliphatic carbocycles. The van der Waals surface area contributed by atoms with Gasteiger partial charge in [-0.25, -0.2) is 0 Å². The third-order valence-corrected chi connectivity index (χ3v) is 5.78. The molecular weight excluding hydrogens is 386 g/mol. The first kappa shape index (κ1) is 20.8. The maximum Gasteiger partial charge on any atom is 0.227 e. The molecule has 0 fully saturated rings. The first-order valence-electron chi connectivity index (χ1n) is 10.8. The van der Waals surface area contributed by atoms with Gasteiger partial charge in [-0.3, -0.25) is 14.6 Å². The summed E-state index contributed by atoms with van der Waals surface area (Å²) in [4.78, 5) is 31.7. The second kappa shape index (κ2) is 10.0. The second-order valence-electron chi connectivity index (χ2n) is 8.00. The lowest BCUT2D eigenvalue weighted by Crippen LogP contribution is -2.35. The number of benzene rings is 2. The van der Waals surface area contributed by atoms with Crippen LogP contribution in [-0.4, -0.2) is 28.2 Å². The maximum absolute atomic E-state index is 13.1. The molecule has 31 heavy (non-hydrogen) atoms. The van der Waals surface area contributed by atoms with E-state index in [-0.39, 0.29) is 17.7 Å². The van der Waals surface area contributed by atoms with Gasteiger partial charge < -0.3 is 10.2 Å². The molecule has 2 amide bonds. The van der Waals surface area contributed by atoms with Crippen molar-refractivity contribution in [1.82, 2.24) is 9.88 Å². The zero-order chi connectivity index (χ0) is 21.5. The van der Waals surface area contributed by atoms with E-state index < -0.39 is 0 Å². The Kier molecular flexibility index (Phi) is 6.72. The largest absolute Gasteiger partial charge is 0.338 e. The van der Waals surface area contributed by atoms with Crippen molar-refractivity contribution in [3.8, 4) is 0 Å². The number of hydrogen-bond acceptors (Lipinski definition) is 3. The fourth-order valence-electron chi connectivity index (χ4n) is 4.01. The van der Waals surface area contributed by atoms with E-state index in [1.165, 1.54) is 5.56 Å². The molecule has 2 aromatic carbocycles. The Balaban J connectivity index is 1.39. The number of carbonyl (C=O) groups is 2. The Bertz CT molecular complexity index is 1020. The first-order valence-corrected chi connectivity index (χ1v) is 10.8. The molecular formula is C26H27N3O2. The van der Waals surface area contributed by atoms with Gasteiger partial charge in [0.15, 0.2) is 0 Å². The lowest BCUT2D eigenvalue weighted by atomic mass is 9.89. The molecule has 3 aromatic rings. The average Bonchev–Trinajstić information content (AvgIpc) is 2.81. The Morgan fingerprint density at radius 3 is 2.58 bits per heavy atom. The van der Waals surface area contributed by atoms with E-state index in [1.54, 1.807) is 12.4 Å². The van der Waals surface area contributed by atoms with Gasteiger partial charge >= 0.3 is 0 Å². The number of hydrogen-bond donors (Lipinski definition) is 1. The Morgan fingerprint density at radius 2 is 1.77 bits per heavy atom. The first-order chi connectivity index (χ1) is 15.2. The number of fused-ring (bicyclic) bond motifs is 1. The third kappa shape index (κ3) is 5.57. The summed E-state index contributed by atoms with van der Waals surface area (Å²) >= 11 is 0. The van der Waals surface area contributed by atoms with Gasteiger partial charge in [0.2, 0.25) is 11.8 Å². The van der Waals surface area contributed by atoms with E-state index in [9.17, 15) is 9.59 Å². The summed E-state index contributed by atoms with van der Waals surface area (Å²) in [6.07, 6.45) is 5.92. The predicted molar refractivity (Wildman–Crippen MR) is 121 cm³/mol. The van der Waals surface area contributed by atoms with Crippen LogP contribution in [0.1, 0.15) is 29.5 Å². The highest BCUT2D eigenvalue weighted by Crippen LogP contribution is 2.27. The van der Waals surface area contributed by atoms with Crippen LogP contribution in [0, 0.1) is 5.92 Å². The summed E-state index contributed by atoms with van der Waals surface area (Å²) in [6, 6.07) is 21.9. The van der Waals surface area contributed by atoms with Gasteiger partial charge in [-0.15, -0.1) is 0 Å². The van der Waals surface area contributed by atoms with Crippen LogP contribution in [-0.2, 0) is 29.0 Å². The van der Waals surface area contributed by atoms with E-state index in [0.29, 0.717) is 32.4 Å². The minimum atomic E-state index is -0.173. The topological polar surface area (TPSA) is 62.3 Å². The van der Waals surface area contributed by atoms with Crippen LogP contribution in [0.25, 0.3) is 0 Å².